The largest absolute Gasteiger partial charge is 0.477 e. The van der Waals surface area contributed by atoms with Gasteiger partial charge in [0, 0.05) is 4.47 Å². The molecule has 2 rings (SSSR count). The van der Waals surface area contributed by atoms with Crippen LogP contribution in [0.1, 0.15) is 21.5 Å². The number of sulfonamides is 1. The van der Waals surface area contributed by atoms with Crippen molar-refractivity contribution in [2.75, 3.05) is 0 Å². The number of carboxylic acid groups (broad SMARTS) is 1. The van der Waals surface area contributed by atoms with Gasteiger partial charge in [0.1, 0.15) is 4.88 Å². The van der Waals surface area contributed by atoms with Gasteiger partial charge >= 0.3 is 5.97 Å². The second kappa shape index (κ2) is 6.59. The predicted molar refractivity (Wildman–Crippen MR) is 88.0 cm³/mol. The summed E-state index contributed by atoms with van der Waals surface area (Å²) in [6.45, 7) is 1.60. The number of benzene rings is 1. The van der Waals surface area contributed by atoms with Gasteiger partial charge in [0.2, 0.25) is 0 Å². The van der Waals surface area contributed by atoms with Crippen LogP contribution in [-0.4, -0.2) is 25.2 Å². The lowest BCUT2D eigenvalue weighted by Gasteiger charge is -2.04. The van der Waals surface area contributed by atoms with Crippen molar-refractivity contribution >= 4 is 49.0 Å². The summed E-state index contributed by atoms with van der Waals surface area (Å²) in [4.78, 5) is 13.8. The zero-order valence-corrected chi connectivity index (χ0v) is 14.5. The standard InChI is InChI=1S/C13H11BrN2O4S2/c1-8(11-6-7-12(21-11)13(17)18)15-16-22(19,20)10-4-2-9(14)3-5-10/h2-7,16H,1H3,(H,17,18)/b15-8-. The van der Waals surface area contributed by atoms with Crippen LogP contribution in [0.2, 0.25) is 0 Å². The number of carboxylic acids is 1. The molecule has 116 valence electrons. The number of thiophene rings is 1. The van der Waals surface area contributed by atoms with E-state index < -0.39 is 16.0 Å². The zero-order valence-electron chi connectivity index (χ0n) is 11.3. The molecule has 0 spiro atoms. The van der Waals surface area contributed by atoms with Crippen molar-refractivity contribution in [1.82, 2.24) is 4.83 Å². The van der Waals surface area contributed by atoms with Crippen LogP contribution >= 0.6 is 27.3 Å². The molecule has 0 aliphatic heterocycles. The maximum absolute atomic E-state index is 12.1. The Kier molecular flexibility index (Phi) is 4.99. The number of nitrogens with one attached hydrogen (secondary N) is 1. The van der Waals surface area contributed by atoms with Crippen molar-refractivity contribution in [2.24, 2.45) is 5.10 Å². The lowest BCUT2D eigenvalue weighted by atomic mass is 10.3. The summed E-state index contributed by atoms with van der Waals surface area (Å²) in [7, 11) is -3.76. The summed E-state index contributed by atoms with van der Waals surface area (Å²) < 4.78 is 24.9. The van der Waals surface area contributed by atoms with Gasteiger partial charge in [-0.15, -0.1) is 11.3 Å². The molecule has 0 amide bonds. The molecule has 2 aromatic rings. The molecule has 0 aliphatic rings. The molecule has 9 heteroatoms. The van der Waals surface area contributed by atoms with E-state index in [2.05, 4.69) is 25.9 Å². The van der Waals surface area contributed by atoms with Gasteiger partial charge in [0.15, 0.2) is 0 Å². The number of halogens is 1. The first-order valence-electron chi connectivity index (χ1n) is 5.95. The molecule has 0 saturated heterocycles. The molecule has 0 bridgehead atoms. The highest BCUT2D eigenvalue weighted by Gasteiger charge is 2.14. The molecular formula is C13H11BrN2O4S2. The Labute approximate surface area is 139 Å². The van der Waals surface area contributed by atoms with Crippen molar-refractivity contribution in [2.45, 2.75) is 11.8 Å². The molecule has 0 aliphatic carbocycles. The summed E-state index contributed by atoms with van der Waals surface area (Å²) in [5.74, 6) is -1.03. The Morgan fingerprint density at radius 1 is 1.18 bits per heavy atom. The van der Waals surface area contributed by atoms with Crippen LogP contribution in [-0.2, 0) is 10.0 Å². The summed E-state index contributed by atoms with van der Waals surface area (Å²) >= 11 is 4.26. The minimum Gasteiger partial charge on any atom is -0.477 e. The fourth-order valence-electron chi connectivity index (χ4n) is 1.50. The van der Waals surface area contributed by atoms with Gasteiger partial charge in [0.05, 0.1) is 15.5 Å². The van der Waals surface area contributed by atoms with Gasteiger partial charge < -0.3 is 5.11 Å². The maximum Gasteiger partial charge on any atom is 0.345 e. The van der Waals surface area contributed by atoms with E-state index in [-0.39, 0.29) is 9.77 Å². The van der Waals surface area contributed by atoms with E-state index in [0.717, 1.165) is 15.8 Å². The molecule has 0 unspecified atom stereocenters. The smallest absolute Gasteiger partial charge is 0.345 e. The summed E-state index contributed by atoms with van der Waals surface area (Å²) in [5.41, 5.74) is 0.387. The van der Waals surface area contributed by atoms with Crippen LogP contribution in [0.3, 0.4) is 0 Å². The van der Waals surface area contributed by atoms with Crippen LogP contribution in [0, 0.1) is 0 Å². The van der Waals surface area contributed by atoms with Crippen molar-refractivity contribution in [3.05, 3.63) is 50.6 Å². The number of hydrazone groups is 1. The Morgan fingerprint density at radius 2 is 1.77 bits per heavy atom. The monoisotopic (exact) mass is 402 g/mol. The Morgan fingerprint density at radius 3 is 2.32 bits per heavy atom. The summed E-state index contributed by atoms with van der Waals surface area (Å²) in [5, 5.41) is 12.7. The van der Waals surface area contributed by atoms with Crippen LogP contribution in [0.4, 0.5) is 0 Å². The zero-order chi connectivity index (χ0) is 16.3. The molecule has 1 heterocycles. The highest BCUT2D eigenvalue weighted by atomic mass is 79.9. The molecular weight excluding hydrogens is 392 g/mol. The lowest BCUT2D eigenvalue weighted by Crippen LogP contribution is -2.19. The van der Waals surface area contributed by atoms with E-state index in [0.29, 0.717) is 10.6 Å². The van der Waals surface area contributed by atoms with Crippen LogP contribution in [0.5, 0.6) is 0 Å². The van der Waals surface area contributed by atoms with Gasteiger partial charge in [-0.3, -0.25) is 0 Å². The van der Waals surface area contributed by atoms with Gasteiger partial charge in [-0.25, -0.2) is 4.79 Å². The first-order valence-corrected chi connectivity index (χ1v) is 9.04. The molecule has 0 atom stereocenters. The van der Waals surface area contributed by atoms with Crippen molar-refractivity contribution in [3.63, 3.8) is 0 Å². The molecule has 2 N–H and O–H groups in total. The second-order valence-electron chi connectivity index (χ2n) is 4.21. The first kappa shape index (κ1) is 16.7. The van der Waals surface area contributed by atoms with E-state index in [4.69, 9.17) is 5.11 Å². The second-order valence-corrected chi connectivity index (χ2v) is 7.88. The fourth-order valence-corrected chi connectivity index (χ4v) is 3.41. The van der Waals surface area contributed by atoms with E-state index in [1.54, 1.807) is 25.1 Å². The van der Waals surface area contributed by atoms with Gasteiger partial charge in [-0.1, -0.05) is 15.9 Å². The SMILES string of the molecule is C/C(=N/NS(=O)(=O)c1ccc(Br)cc1)c1ccc(C(=O)O)s1. The maximum atomic E-state index is 12.1. The highest BCUT2D eigenvalue weighted by Crippen LogP contribution is 2.18. The van der Waals surface area contributed by atoms with Crippen LogP contribution in [0.25, 0.3) is 0 Å². The topological polar surface area (TPSA) is 95.8 Å². The molecule has 22 heavy (non-hydrogen) atoms. The van der Waals surface area contributed by atoms with E-state index >= 15 is 0 Å². The summed E-state index contributed by atoms with van der Waals surface area (Å²) in [6, 6.07) is 9.16. The Hall–Kier alpha value is -1.71. The van der Waals surface area contributed by atoms with Crippen LogP contribution < -0.4 is 4.83 Å². The first-order chi connectivity index (χ1) is 10.3. The number of rotatable bonds is 5. The average Bonchev–Trinajstić information content (AvgIpc) is 2.95. The molecule has 0 saturated carbocycles. The van der Waals surface area contributed by atoms with Crippen LogP contribution in [0.15, 0.2) is 50.9 Å². The molecule has 0 radical (unpaired) electrons. The normalized spacial score (nSPS) is 12.2. The molecule has 6 nitrogen and oxygen atoms in total. The quantitative estimate of drug-likeness (QED) is 0.593. The number of hydrogen-bond donors (Lipinski definition) is 2. The highest BCUT2D eigenvalue weighted by molar-refractivity contribution is 9.10. The third-order valence-electron chi connectivity index (χ3n) is 2.63. The van der Waals surface area contributed by atoms with E-state index in [9.17, 15) is 13.2 Å². The minimum atomic E-state index is -3.76. The average molecular weight is 403 g/mol. The Bertz CT molecular complexity index is 826. The van der Waals surface area contributed by atoms with Gasteiger partial charge in [0.25, 0.3) is 10.0 Å². The molecule has 1 aromatic heterocycles. The van der Waals surface area contributed by atoms with E-state index in [1.807, 2.05) is 0 Å². The van der Waals surface area contributed by atoms with Gasteiger partial charge in [-0.2, -0.15) is 18.4 Å². The minimum absolute atomic E-state index is 0.0876. The molecule has 1 aromatic carbocycles. The van der Waals surface area contributed by atoms with Crippen molar-refractivity contribution < 1.29 is 18.3 Å². The Balaban J connectivity index is 2.18. The van der Waals surface area contributed by atoms with Gasteiger partial charge in [-0.05, 0) is 43.3 Å². The lowest BCUT2D eigenvalue weighted by molar-refractivity contribution is 0.0702. The summed E-state index contributed by atoms with van der Waals surface area (Å²) in [6.07, 6.45) is 0. The fraction of sp³-hybridized carbons (Fsp3) is 0.0769. The van der Waals surface area contributed by atoms with E-state index in [1.165, 1.54) is 18.2 Å². The van der Waals surface area contributed by atoms with Crippen molar-refractivity contribution in [1.29, 1.82) is 0 Å². The predicted octanol–water partition coefficient (Wildman–Crippen LogP) is 2.91. The number of carbonyl (C=O) groups is 1. The number of hydrogen-bond acceptors (Lipinski definition) is 5. The van der Waals surface area contributed by atoms with Crippen molar-refractivity contribution in [3.8, 4) is 0 Å². The number of nitrogens with zero attached hydrogens (tertiary/aromatic N) is 1. The molecule has 0 fully saturated rings. The number of aromatic carboxylic acids is 1. The third kappa shape index (κ3) is 3.93. The third-order valence-corrected chi connectivity index (χ3v) is 5.57.